The van der Waals surface area contributed by atoms with Crippen molar-refractivity contribution in [1.82, 2.24) is 4.98 Å². The van der Waals surface area contributed by atoms with Crippen LogP contribution >= 0.6 is 0 Å². The van der Waals surface area contributed by atoms with Gasteiger partial charge in [-0.2, -0.15) is 0 Å². The van der Waals surface area contributed by atoms with Gasteiger partial charge in [-0.3, -0.25) is 0 Å². The second kappa shape index (κ2) is 4.33. The summed E-state index contributed by atoms with van der Waals surface area (Å²) in [6, 6.07) is 8.15. The molecule has 1 aliphatic carbocycles. The summed E-state index contributed by atoms with van der Waals surface area (Å²) in [7, 11) is 1.62. The number of aryl methyl sites for hydroxylation is 1. The Labute approximate surface area is 107 Å². The van der Waals surface area contributed by atoms with Crippen LogP contribution in [0.5, 0.6) is 5.88 Å². The van der Waals surface area contributed by atoms with E-state index in [1.54, 1.807) is 7.11 Å². The molecule has 0 spiro atoms. The lowest BCUT2D eigenvalue weighted by molar-refractivity contribution is 0.398. The van der Waals surface area contributed by atoms with Crippen LogP contribution in [0.3, 0.4) is 0 Å². The number of nitrogens with zero attached hydrogens (tertiary/aromatic N) is 1. The van der Waals surface area contributed by atoms with Gasteiger partial charge in [-0.1, -0.05) is 12.1 Å². The van der Waals surface area contributed by atoms with E-state index in [0.717, 1.165) is 29.7 Å². The molecule has 0 aliphatic heterocycles. The molecular formula is C15H16N2O. The first kappa shape index (κ1) is 11.1. The Kier molecular flexibility index (Phi) is 2.67. The van der Waals surface area contributed by atoms with Gasteiger partial charge in [0.05, 0.1) is 7.11 Å². The minimum atomic E-state index is 0.624. The van der Waals surface area contributed by atoms with Crippen LogP contribution in [0.4, 0.5) is 5.69 Å². The lowest BCUT2D eigenvalue weighted by Crippen LogP contribution is -1.97. The fraction of sp³-hybridized carbons (Fsp3) is 0.267. The smallest absolute Gasteiger partial charge is 0.212 e. The molecule has 3 nitrogen and oxygen atoms in total. The highest BCUT2D eigenvalue weighted by Crippen LogP contribution is 2.35. The highest BCUT2D eigenvalue weighted by molar-refractivity contribution is 5.79. The highest BCUT2D eigenvalue weighted by atomic mass is 16.5. The lowest BCUT2D eigenvalue weighted by Gasteiger charge is -2.11. The van der Waals surface area contributed by atoms with Crippen LogP contribution in [0.2, 0.25) is 0 Å². The maximum absolute atomic E-state index is 6.28. The Balaban J connectivity index is 2.06. The molecule has 0 radical (unpaired) electrons. The van der Waals surface area contributed by atoms with E-state index in [2.05, 4.69) is 17.1 Å². The fourth-order valence-corrected chi connectivity index (χ4v) is 2.61. The predicted molar refractivity (Wildman–Crippen MR) is 72.7 cm³/mol. The Morgan fingerprint density at radius 2 is 2.06 bits per heavy atom. The van der Waals surface area contributed by atoms with Gasteiger partial charge in [0.2, 0.25) is 5.88 Å². The molecular weight excluding hydrogens is 224 g/mol. The zero-order valence-electron chi connectivity index (χ0n) is 10.4. The predicted octanol–water partition coefficient (Wildman–Crippen LogP) is 2.83. The minimum absolute atomic E-state index is 0.624. The maximum atomic E-state index is 6.28. The van der Waals surface area contributed by atoms with Crippen LogP contribution in [0, 0.1) is 0 Å². The molecule has 0 amide bonds. The van der Waals surface area contributed by atoms with Gasteiger partial charge in [-0.15, -0.1) is 0 Å². The number of fused-ring (bicyclic) bond motifs is 1. The molecule has 1 heterocycles. The van der Waals surface area contributed by atoms with Gasteiger partial charge in [0, 0.05) is 29.1 Å². The molecule has 0 unspecified atom stereocenters. The van der Waals surface area contributed by atoms with Crippen molar-refractivity contribution in [1.29, 1.82) is 0 Å². The first-order valence-corrected chi connectivity index (χ1v) is 6.20. The van der Waals surface area contributed by atoms with Crippen LogP contribution in [0.15, 0.2) is 30.5 Å². The third-order valence-corrected chi connectivity index (χ3v) is 3.58. The van der Waals surface area contributed by atoms with Crippen LogP contribution < -0.4 is 10.5 Å². The van der Waals surface area contributed by atoms with Crippen LogP contribution in [-0.2, 0) is 12.8 Å². The van der Waals surface area contributed by atoms with E-state index < -0.39 is 0 Å². The summed E-state index contributed by atoms with van der Waals surface area (Å²) >= 11 is 0. The summed E-state index contributed by atoms with van der Waals surface area (Å²) in [5.74, 6) is 0.624. The summed E-state index contributed by atoms with van der Waals surface area (Å²) in [6.07, 6.45) is 5.27. The number of hydrogen-bond donors (Lipinski definition) is 1. The quantitative estimate of drug-likeness (QED) is 0.821. The van der Waals surface area contributed by atoms with E-state index in [9.17, 15) is 0 Å². The van der Waals surface area contributed by atoms with E-state index in [4.69, 9.17) is 10.5 Å². The number of aromatic nitrogens is 1. The van der Waals surface area contributed by atoms with Crippen molar-refractivity contribution in [2.75, 3.05) is 12.8 Å². The summed E-state index contributed by atoms with van der Waals surface area (Å²) in [4.78, 5) is 4.23. The first-order chi connectivity index (χ1) is 8.79. The normalized spacial score (nSPS) is 13.4. The van der Waals surface area contributed by atoms with Gasteiger partial charge < -0.3 is 10.5 Å². The molecule has 2 aromatic rings. The Hall–Kier alpha value is -2.03. The molecule has 0 atom stereocenters. The minimum Gasteiger partial charge on any atom is -0.481 e. The summed E-state index contributed by atoms with van der Waals surface area (Å²) in [6.45, 7) is 0. The standard InChI is InChI=1S/C15H16N2O/c1-18-14-8-6-11(9-17-14)13-7-5-10-3-2-4-12(10)15(13)16/h5-9H,2-4,16H2,1H3. The molecule has 2 N–H and O–H groups in total. The Morgan fingerprint density at radius 1 is 1.17 bits per heavy atom. The van der Waals surface area contributed by atoms with Crippen molar-refractivity contribution < 1.29 is 4.74 Å². The maximum Gasteiger partial charge on any atom is 0.212 e. The van der Waals surface area contributed by atoms with Gasteiger partial charge >= 0.3 is 0 Å². The average Bonchev–Trinajstić information content (AvgIpc) is 2.89. The van der Waals surface area contributed by atoms with Crippen molar-refractivity contribution in [2.24, 2.45) is 0 Å². The SMILES string of the molecule is COc1ccc(-c2ccc3c(c2N)CCC3)cn1. The molecule has 1 aliphatic rings. The Bertz CT molecular complexity index is 576. The van der Waals surface area contributed by atoms with Crippen molar-refractivity contribution in [3.05, 3.63) is 41.6 Å². The molecule has 3 rings (SSSR count). The van der Waals surface area contributed by atoms with Gasteiger partial charge in [0.1, 0.15) is 0 Å². The van der Waals surface area contributed by atoms with Crippen LogP contribution in [0.1, 0.15) is 17.5 Å². The Morgan fingerprint density at radius 3 is 2.78 bits per heavy atom. The van der Waals surface area contributed by atoms with Crippen LogP contribution in [0.25, 0.3) is 11.1 Å². The lowest BCUT2D eigenvalue weighted by atomic mass is 9.99. The van der Waals surface area contributed by atoms with Crippen molar-refractivity contribution in [2.45, 2.75) is 19.3 Å². The number of nitrogens with two attached hydrogens (primary N) is 1. The fourth-order valence-electron chi connectivity index (χ4n) is 2.61. The van der Waals surface area contributed by atoms with E-state index in [0.29, 0.717) is 5.88 Å². The second-order valence-corrected chi connectivity index (χ2v) is 4.61. The van der Waals surface area contributed by atoms with E-state index in [1.807, 2.05) is 18.3 Å². The summed E-state index contributed by atoms with van der Waals surface area (Å²) < 4.78 is 5.07. The van der Waals surface area contributed by atoms with E-state index in [1.165, 1.54) is 17.5 Å². The highest BCUT2D eigenvalue weighted by Gasteiger charge is 2.16. The summed E-state index contributed by atoms with van der Waals surface area (Å²) in [5, 5.41) is 0. The molecule has 0 saturated heterocycles. The van der Waals surface area contributed by atoms with Gasteiger partial charge in [-0.05, 0) is 36.5 Å². The molecule has 18 heavy (non-hydrogen) atoms. The number of rotatable bonds is 2. The second-order valence-electron chi connectivity index (χ2n) is 4.61. The number of pyridine rings is 1. The zero-order chi connectivity index (χ0) is 12.5. The number of benzene rings is 1. The van der Waals surface area contributed by atoms with Crippen molar-refractivity contribution in [3.8, 4) is 17.0 Å². The molecule has 0 bridgehead atoms. The number of anilines is 1. The topological polar surface area (TPSA) is 48.1 Å². The number of hydrogen-bond acceptors (Lipinski definition) is 3. The molecule has 0 fully saturated rings. The number of ether oxygens (including phenoxy) is 1. The third kappa shape index (κ3) is 1.72. The number of methoxy groups -OCH3 is 1. The van der Waals surface area contributed by atoms with Crippen molar-refractivity contribution >= 4 is 5.69 Å². The zero-order valence-corrected chi connectivity index (χ0v) is 10.4. The molecule has 0 saturated carbocycles. The summed E-state index contributed by atoms with van der Waals surface area (Å²) in [5.41, 5.74) is 12.0. The van der Waals surface area contributed by atoms with Crippen LogP contribution in [-0.4, -0.2) is 12.1 Å². The van der Waals surface area contributed by atoms with Crippen molar-refractivity contribution in [3.63, 3.8) is 0 Å². The van der Waals surface area contributed by atoms with E-state index in [-0.39, 0.29) is 0 Å². The molecule has 92 valence electrons. The molecule has 1 aromatic carbocycles. The third-order valence-electron chi connectivity index (χ3n) is 3.58. The number of nitrogen functional groups attached to an aromatic ring is 1. The molecule has 1 aromatic heterocycles. The molecule has 3 heteroatoms. The van der Waals surface area contributed by atoms with Gasteiger partial charge in [-0.25, -0.2) is 4.98 Å². The van der Waals surface area contributed by atoms with Gasteiger partial charge in [0.25, 0.3) is 0 Å². The monoisotopic (exact) mass is 240 g/mol. The average molecular weight is 240 g/mol. The first-order valence-electron chi connectivity index (χ1n) is 6.20. The van der Waals surface area contributed by atoms with Gasteiger partial charge in [0.15, 0.2) is 0 Å². The largest absolute Gasteiger partial charge is 0.481 e. The van der Waals surface area contributed by atoms with E-state index >= 15 is 0 Å².